The summed E-state index contributed by atoms with van der Waals surface area (Å²) >= 11 is 11.6. The lowest BCUT2D eigenvalue weighted by molar-refractivity contribution is 0.272. The third kappa shape index (κ3) is 2.85. The predicted octanol–water partition coefficient (Wildman–Crippen LogP) is 3.27. The molecule has 0 N–H and O–H groups in total. The van der Waals surface area contributed by atoms with Crippen molar-refractivity contribution in [2.75, 3.05) is 6.61 Å². The fourth-order valence-electron chi connectivity index (χ4n) is 0.911. The van der Waals surface area contributed by atoms with Gasteiger partial charge in [-0.05, 0) is 13.0 Å². The molecule has 1 heterocycles. The SMILES string of the molecule is CCOC=Cc1cnc(Cl)c(C#N)c1Cl. The van der Waals surface area contributed by atoms with E-state index >= 15 is 0 Å². The molecule has 0 bridgehead atoms. The molecule has 1 aromatic rings. The van der Waals surface area contributed by atoms with Gasteiger partial charge in [0.15, 0.2) is 0 Å². The molecule has 0 atom stereocenters. The van der Waals surface area contributed by atoms with Gasteiger partial charge in [0, 0.05) is 11.8 Å². The van der Waals surface area contributed by atoms with E-state index in [0.717, 1.165) is 0 Å². The van der Waals surface area contributed by atoms with E-state index < -0.39 is 0 Å². The molecule has 0 amide bonds. The number of hydrogen-bond acceptors (Lipinski definition) is 3. The second kappa shape index (κ2) is 5.59. The minimum absolute atomic E-state index is 0.107. The van der Waals surface area contributed by atoms with Crippen molar-refractivity contribution in [3.8, 4) is 6.07 Å². The molecule has 0 fully saturated rings. The predicted molar refractivity (Wildman–Crippen MR) is 59.6 cm³/mol. The molecule has 0 saturated carbocycles. The highest BCUT2D eigenvalue weighted by Gasteiger charge is 2.09. The van der Waals surface area contributed by atoms with Crippen LogP contribution in [0.25, 0.3) is 6.08 Å². The van der Waals surface area contributed by atoms with Gasteiger partial charge in [0.1, 0.15) is 16.8 Å². The van der Waals surface area contributed by atoms with Crippen LogP contribution in [0.15, 0.2) is 12.5 Å². The maximum Gasteiger partial charge on any atom is 0.148 e. The van der Waals surface area contributed by atoms with Crippen LogP contribution in [0.5, 0.6) is 0 Å². The second-order valence-electron chi connectivity index (χ2n) is 2.56. The summed E-state index contributed by atoms with van der Waals surface area (Å²) in [5, 5.41) is 9.17. The summed E-state index contributed by atoms with van der Waals surface area (Å²) in [5.41, 5.74) is 0.781. The van der Waals surface area contributed by atoms with Crippen molar-refractivity contribution in [2.24, 2.45) is 0 Å². The van der Waals surface area contributed by atoms with Gasteiger partial charge in [-0.3, -0.25) is 0 Å². The Hall–Kier alpha value is -1.24. The fourth-order valence-corrected chi connectivity index (χ4v) is 1.39. The van der Waals surface area contributed by atoms with E-state index in [9.17, 15) is 0 Å². The molecule has 0 aliphatic carbocycles. The van der Waals surface area contributed by atoms with E-state index in [-0.39, 0.29) is 15.7 Å². The number of hydrogen-bond donors (Lipinski definition) is 0. The van der Waals surface area contributed by atoms with Gasteiger partial charge < -0.3 is 4.74 Å². The number of nitrogens with zero attached hydrogens (tertiary/aromatic N) is 2. The Morgan fingerprint density at radius 2 is 2.33 bits per heavy atom. The Kier molecular flexibility index (Phi) is 4.41. The average molecular weight is 243 g/mol. The topological polar surface area (TPSA) is 45.9 Å². The number of pyridine rings is 1. The lowest BCUT2D eigenvalue weighted by Crippen LogP contribution is -1.88. The van der Waals surface area contributed by atoms with E-state index in [2.05, 4.69) is 4.98 Å². The van der Waals surface area contributed by atoms with E-state index in [1.54, 1.807) is 6.08 Å². The van der Waals surface area contributed by atoms with Crippen LogP contribution in [0.3, 0.4) is 0 Å². The van der Waals surface area contributed by atoms with Gasteiger partial charge in [-0.1, -0.05) is 23.2 Å². The molecule has 0 aromatic carbocycles. The van der Waals surface area contributed by atoms with Crippen molar-refractivity contribution >= 4 is 29.3 Å². The van der Waals surface area contributed by atoms with Gasteiger partial charge in [-0.2, -0.15) is 5.26 Å². The minimum atomic E-state index is 0.107. The molecule has 0 saturated heterocycles. The van der Waals surface area contributed by atoms with E-state index in [4.69, 9.17) is 33.2 Å². The summed E-state index contributed by atoms with van der Waals surface area (Å²) in [6, 6.07) is 1.89. The molecular formula is C10H8Cl2N2O. The van der Waals surface area contributed by atoms with Crippen molar-refractivity contribution in [1.82, 2.24) is 4.98 Å². The highest BCUT2D eigenvalue weighted by molar-refractivity contribution is 6.36. The van der Waals surface area contributed by atoms with Crippen LogP contribution in [0.2, 0.25) is 10.2 Å². The Morgan fingerprint density at radius 1 is 1.60 bits per heavy atom. The smallest absolute Gasteiger partial charge is 0.148 e. The van der Waals surface area contributed by atoms with Crippen LogP contribution >= 0.6 is 23.2 Å². The lowest BCUT2D eigenvalue weighted by atomic mass is 10.2. The van der Waals surface area contributed by atoms with Gasteiger partial charge >= 0.3 is 0 Å². The van der Waals surface area contributed by atoms with Crippen molar-refractivity contribution in [3.05, 3.63) is 33.8 Å². The Labute approximate surface area is 97.9 Å². The van der Waals surface area contributed by atoms with Crippen molar-refractivity contribution in [2.45, 2.75) is 6.92 Å². The summed E-state index contributed by atoms with van der Waals surface area (Å²) in [6.07, 6.45) is 4.62. The normalized spacial score (nSPS) is 10.3. The summed E-state index contributed by atoms with van der Waals surface area (Å²) in [4.78, 5) is 3.84. The fraction of sp³-hybridized carbons (Fsp3) is 0.200. The molecule has 0 unspecified atom stereocenters. The molecule has 1 aromatic heterocycles. The van der Waals surface area contributed by atoms with Gasteiger partial charge in [-0.25, -0.2) is 4.98 Å². The molecule has 5 heteroatoms. The molecule has 0 aliphatic rings. The first-order valence-electron chi connectivity index (χ1n) is 4.23. The third-order valence-corrected chi connectivity index (χ3v) is 2.31. The maximum atomic E-state index is 8.78. The minimum Gasteiger partial charge on any atom is -0.501 e. The third-order valence-electron chi connectivity index (χ3n) is 1.62. The number of nitriles is 1. The van der Waals surface area contributed by atoms with Crippen molar-refractivity contribution in [3.63, 3.8) is 0 Å². The number of ether oxygens (including phenoxy) is 1. The lowest BCUT2D eigenvalue weighted by Gasteiger charge is -2.01. The van der Waals surface area contributed by atoms with E-state index in [1.807, 2.05) is 13.0 Å². The van der Waals surface area contributed by atoms with Gasteiger partial charge in [-0.15, -0.1) is 0 Å². The largest absolute Gasteiger partial charge is 0.501 e. The van der Waals surface area contributed by atoms with Gasteiger partial charge in [0.05, 0.1) is 17.9 Å². The zero-order valence-electron chi connectivity index (χ0n) is 8.00. The number of aromatic nitrogens is 1. The highest BCUT2D eigenvalue weighted by Crippen LogP contribution is 2.26. The standard InChI is InChI=1S/C10H8Cl2N2O/c1-2-15-4-3-7-6-14-10(12)8(5-13)9(7)11/h3-4,6H,2H2,1H3. The first-order valence-corrected chi connectivity index (χ1v) is 4.98. The van der Waals surface area contributed by atoms with Gasteiger partial charge in [0.2, 0.25) is 0 Å². The molecule has 0 radical (unpaired) electrons. The Morgan fingerprint density at radius 3 is 2.93 bits per heavy atom. The summed E-state index contributed by atoms with van der Waals surface area (Å²) < 4.78 is 5.01. The van der Waals surface area contributed by atoms with Crippen LogP contribution in [0.4, 0.5) is 0 Å². The van der Waals surface area contributed by atoms with Gasteiger partial charge in [0.25, 0.3) is 0 Å². The maximum absolute atomic E-state index is 8.78. The second-order valence-corrected chi connectivity index (χ2v) is 3.30. The van der Waals surface area contributed by atoms with Crippen molar-refractivity contribution in [1.29, 1.82) is 5.26 Å². The summed E-state index contributed by atoms with van der Waals surface area (Å²) in [5.74, 6) is 0. The van der Waals surface area contributed by atoms with Crippen LogP contribution in [0.1, 0.15) is 18.1 Å². The van der Waals surface area contributed by atoms with Crippen LogP contribution in [0, 0.1) is 11.3 Å². The Bertz CT molecular complexity index is 424. The summed E-state index contributed by atoms with van der Waals surface area (Å²) in [6.45, 7) is 2.44. The molecule has 0 spiro atoms. The van der Waals surface area contributed by atoms with Crippen LogP contribution in [-0.4, -0.2) is 11.6 Å². The van der Waals surface area contributed by atoms with E-state index in [1.165, 1.54) is 12.5 Å². The number of rotatable bonds is 3. The molecule has 15 heavy (non-hydrogen) atoms. The Balaban J connectivity index is 3.07. The molecule has 78 valence electrons. The number of halogens is 2. The van der Waals surface area contributed by atoms with Crippen molar-refractivity contribution < 1.29 is 4.74 Å². The molecule has 1 rings (SSSR count). The molecular weight excluding hydrogens is 235 g/mol. The monoisotopic (exact) mass is 242 g/mol. The molecule has 3 nitrogen and oxygen atoms in total. The zero-order valence-corrected chi connectivity index (χ0v) is 9.51. The molecule has 0 aliphatic heterocycles. The first-order chi connectivity index (χ1) is 7.20. The quantitative estimate of drug-likeness (QED) is 0.604. The summed E-state index contributed by atoms with van der Waals surface area (Å²) in [7, 11) is 0. The van der Waals surface area contributed by atoms with E-state index in [0.29, 0.717) is 12.2 Å². The van der Waals surface area contributed by atoms with Crippen LogP contribution in [-0.2, 0) is 4.74 Å². The first kappa shape index (κ1) is 11.8. The average Bonchev–Trinajstić information content (AvgIpc) is 2.22. The van der Waals surface area contributed by atoms with Crippen LogP contribution < -0.4 is 0 Å². The zero-order chi connectivity index (χ0) is 11.3. The highest BCUT2D eigenvalue weighted by atomic mass is 35.5.